The SMILES string of the molecule is CC(C)(C)[C@@H](NC(=O)N[C@@H](C(=O)N1C[C@H]2[C@@H]([C@H]1C(=O)NC(CC1CC1)C(=O)C(N)=O)C2(Cl)Cl)C(C)(C)C)C(=O)OC1Cc2ccccc2C1. The normalized spacial score (nSPS) is 24.5. The first-order valence-corrected chi connectivity index (χ1v) is 17.6. The molecule has 0 spiro atoms. The van der Waals surface area contributed by atoms with Gasteiger partial charge in [0, 0.05) is 31.2 Å². The number of carbonyl (C=O) groups excluding carboxylic acids is 6. The molecule has 1 unspecified atom stereocenters. The van der Waals surface area contributed by atoms with Crippen molar-refractivity contribution in [1.29, 1.82) is 0 Å². The van der Waals surface area contributed by atoms with E-state index in [0.29, 0.717) is 12.8 Å². The van der Waals surface area contributed by atoms with Crippen molar-refractivity contribution in [2.75, 3.05) is 6.54 Å². The second-order valence-corrected chi connectivity index (χ2v) is 17.6. The number of amides is 5. The topological polar surface area (TPSA) is 177 Å². The predicted molar refractivity (Wildman–Crippen MR) is 182 cm³/mol. The average molecular weight is 721 g/mol. The number of nitrogens with two attached hydrogens (primary N) is 1. The Morgan fingerprint density at radius 2 is 1.47 bits per heavy atom. The molecule has 5 amide bonds. The van der Waals surface area contributed by atoms with E-state index < -0.39 is 86.7 Å². The summed E-state index contributed by atoms with van der Waals surface area (Å²) in [4.78, 5) is 80.8. The number of nitrogens with zero attached hydrogens (tertiary/aromatic N) is 1. The lowest BCUT2D eigenvalue weighted by atomic mass is 9.85. The Bertz CT molecular complexity index is 1510. The van der Waals surface area contributed by atoms with Crippen LogP contribution in [0.5, 0.6) is 0 Å². The number of urea groups is 1. The second kappa shape index (κ2) is 13.4. The minimum absolute atomic E-state index is 0.0439. The third-order valence-electron chi connectivity index (χ3n) is 10.1. The van der Waals surface area contributed by atoms with Crippen LogP contribution in [0.15, 0.2) is 24.3 Å². The van der Waals surface area contributed by atoms with E-state index >= 15 is 0 Å². The third-order valence-corrected chi connectivity index (χ3v) is 11.2. The van der Waals surface area contributed by atoms with Crippen molar-refractivity contribution in [3.63, 3.8) is 0 Å². The smallest absolute Gasteiger partial charge is 0.329 e. The summed E-state index contributed by atoms with van der Waals surface area (Å²) < 4.78 is 4.61. The molecule has 12 nitrogen and oxygen atoms in total. The van der Waals surface area contributed by atoms with Crippen molar-refractivity contribution < 1.29 is 33.5 Å². The summed E-state index contributed by atoms with van der Waals surface area (Å²) in [5.74, 6) is -4.75. The largest absolute Gasteiger partial charge is 0.460 e. The maximum atomic E-state index is 14.3. The number of Topliss-reactive ketones (excluding diaryl/α,β-unsaturated/α-hetero) is 1. The first-order valence-electron chi connectivity index (χ1n) is 16.9. The van der Waals surface area contributed by atoms with Crippen molar-refractivity contribution in [3.8, 4) is 0 Å². The lowest BCUT2D eigenvalue weighted by molar-refractivity contribution is -0.153. The van der Waals surface area contributed by atoms with Crippen LogP contribution in [0.25, 0.3) is 0 Å². The van der Waals surface area contributed by atoms with Crippen LogP contribution >= 0.6 is 23.2 Å². The Kier molecular flexibility index (Phi) is 10.1. The van der Waals surface area contributed by atoms with Crippen molar-refractivity contribution in [2.45, 2.75) is 108 Å². The molecule has 5 rings (SSSR count). The van der Waals surface area contributed by atoms with E-state index in [2.05, 4.69) is 16.0 Å². The van der Waals surface area contributed by atoms with Crippen LogP contribution in [-0.2, 0) is 41.6 Å². The highest BCUT2D eigenvalue weighted by molar-refractivity contribution is 6.51. The number of halogens is 2. The van der Waals surface area contributed by atoms with E-state index in [-0.39, 0.29) is 25.0 Å². The summed E-state index contributed by atoms with van der Waals surface area (Å²) in [5, 5.41) is 8.14. The quantitative estimate of drug-likeness (QED) is 0.154. The Morgan fingerprint density at radius 3 is 1.98 bits per heavy atom. The van der Waals surface area contributed by atoms with Crippen LogP contribution in [0.1, 0.15) is 71.9 Å². The summed E-state index contributed by atoms with van der Waals surface area (Å²) in [6, 6.07) is 2.66. The lowest BCUT2D eigenvalue weighted by Crippen LogP contribution is -2.63. The molecule has 1 aromatic rings. The van der Waals surface area contributed by atoms with Crippen molar-refractivity contribution in [2.24, 2.45) is 34.3 Å². The van der Waals surface area contributed by atoms with Gasteiger partial charge in [0.15, 0.2) is 0 Å². The van der Waals surface area contributed by atoms with E-state index in [1.807, 2.05) is 24.3 Å². The van der Waals surface area contributed by atoms with E-state index in [1.54, 1.807) is 41.5 Å². The molecule has 268 valence electrons. The molecule has 1 aromatic carbocycles. The molecule has 2 saturated carbocycles. The number of hydrogen-bond acceptors (Lipinski definition) is 7. The van der Waals surface area contributed by atoms with Gasteiger partial charge in [0.05, 0.1) is 6.04 Å². The molecule has 0 aromatic heterocycles. The summed E-state index contributed by atoms with van der Waals surface area (Å²) in [6.07, 6.45) is 2.81. The minimum Gasteiger partial charge on any atom is -0.460 e. The number of likely N-dealkylation sites (tertiary alicyclic amines) is 1. The fourth-order valence-corrected chi connectivity index (χ4v) is 7.89. The third kappa shape index (κ3) is 8.01. The fourth-order valence-electron chi connectivity index (χ4n) is 7.06. The van der Waals surface area contributed by atoms with Crippen LogP contribution in [0, 0.1) is 28.6 Å². The highest BCUT2D eigenvalue weighted by Gasteiger charge is 2.74. The number of hydrogen-bond donors (Lipinski definition) is 4. The summed E-state index contributed by atoms with van der Waals surface area (Å²) in [5.41, 5.74) is 5.93. The van der Waals surface area contributed by atoms with E-state index in [0.717, 1.165) is 24.0 Å². The summed E-state index contributed by atoms with van der Waals surface area (Å²) >= 11 is 13.0. The first-order chi connectivity index (χ1) is 22.7. The molecule has 4 aliphatic rings. The number of fused-ring (bicyclic) bond motifs is 2. The van der Waals surface area contributed by atoms with Gasteiger partial charge < -0.3 is 31.3 Å². The number of piperidine rings is 1. The summed E-state index contributed by atoms with van der Waals surface area (Å²) in [6.45, 7) is 10.7. The van der Waals surface area contributed by atoms with Crippen LogP contribution < -0.4 is 21.7 Å². The highest BCUT2D eigenvalue weighted by Crippen LogP contribution is 2.65. The Balaban J connectivity index is 1.29. The molecule has 0 bridgehead atoms. The molecule has 14 heteroatoms. The molecule has 5 N–H and O–H groups in total. The number of esters is 1. The first kappa shape index (κ1) is 36.9. The van der Waals surface area contributed by atoms with Crippen LogP contribution in [0.2, 0.25) is 0 Å². The fraction of sp³-hybridized carbons (Fsp3) is 0.657. The van der Waals surface area contributed by atoms with Crippen LogP contribution in [-0.4, -0.2) is 81.6 Å². The van der Waals surface area contributed by atoms with Crippen LogP contribution in [0.3, 0.4) is 0 Å². The zero-order valence-corrected chi connectivity index (χ0v) is 30.3. The number of rotatable bonds is 11. The number of carbonyl (C=O) groups is 6. The number of nitrogens with one attached hydrogen (secondary N) is 3. The zero-order valence-electron chi connectivity index (χ0n) is 28.8. The van der Waals surface area contributed by atoms with Gasteiger partial charge in [0.2, 0.25) is 17.6 Å². The average Bonchev–Trinajstić information content (AvgIpc) is 3.75. The van der Waals surface area contributed by atoms with Crippen molar-refractivity contribution in [3.05, 3.63) is 35.4 Å². The van der Waals surface area contributed by atoms with E-state index in [4.69, 9.17) is 33.7 Å². The van der Waals surface area contributed by atoms with Crippen LogP contribution in [0.4, 0.5) is 4.79 Å². The number of alkyl halides is 2. The molecule has 1 saturated heterocycles. The summed E-state index contributed by atoms with van der Waals surface area (Å²) in [7, 11) is 0. The molecule has 3 fully saturated rings. The standard InChI is InChI=1S/C35H47Cl2N5O7/c1-33(2,3)26(40-32(48)41-27(34(4,5)6)31(47)49-20-14-18-9-7-8-10-19(18)15-20)30(46)42-16-21-23(35(21,36)37)24(42)29(45)39-22(13-17-11-12-17)25(43)28(38)44/h7-10,17,20-24,26-27H,11-16H2,1-6H3,(H2,38,44)(H,39,45)(H2,40,41,48)/t21-,22?,23-,24-,26-,27-/m0/s1. The van der Waals surface area contributed by atoms with Gasteiger partial charge >= 0.3 is 12.0 Å². The molecule has 0 radical (unpaired) electrons. The maximum absolute atomic E-state index is 14.3. The van der Waals surface area contributed by atoms with Gasteiger partial charge in [0.1, 0.15) is 28.6 Å². The van der Waals surface area contributed by atoms with E-state index in [1.165, 1.54) is 4.90 Å². The van der Waals surface area contributed by atoms with Crippen molar-refractivity contribution in [1.82, 2.24) is 20.9 Å². The molecule has 3 aliphatic carbocycles. The second-order valence-electron chi connectivity index (χ2n) is 16.2. The van der Waals surface area contributed by atoms with Gasteiger partial charge in [-0.15, -0.1) is 23.2 Å². The molecule has 49 heavy (non-hydrogen) atoms. The highest BCUT2D eigenvalue weighted by atomic mass is 35.5. The van der Waals surface area contributed by atoms with E-state index in [9.17, 15) is 28.8 Å². The molecule has 6 atom stereocenters. The Hall–Kier alpha value is -3.38. The van der Waals surface area contributed by atoms with Gasteiger partial charge in [0.25, 0.3) is 5.91 Å². The monoisotopic (exact) mass is 719 g/mol. The molecular weight excluding hydrogens is 673 g/mol. The predicted octanol–water partition coefficient (Wildman–Crippen LogP) is 2.80. The van der Waals surface area contributed by atoms with Crippen molar-refractivity contribution >= 4 is 58.7 Å². The van der Waals surface area contributed by atoms with Gasteiger partial charge in [-0.3, -0.25) is 19.2 Å². The number of benzene rings is 1. The maximum Gasteiger partial charge on any atom is 0.329 e. The van der Waals surface area contributed by atoms with Gasteiger partial charge in [-0.25, -0.2) is 9.59 Å². The number of primary amides is 1. The molecular formula is C35H47Cl2N5O7. The lowest BCUT2D eigenvalue weighted by Gasteiger charge is -2.38. The molecule has 1 aliphatic heterocycles. The van der Waals surface area contributed by atoms with Gasteiger partial charge in [-0.05, 0) is 34.3 Å². The van der Waals surface area contributed by atoms with Gasteiger partial charge in [-0.1, -0.05) is 78.6 Å². The zero-order chi connectivity index (χ0) is 36.2. The number of ether oxygens (including phenoxy) is 1. The minimum atomic E-state index is -1.26. The molecule has 1 heterocycles. The Labute approximate surface area is 296 Å². The van der Waals surface area contributed by atoms with Gasteiger partial charge in [-0.2, -0.15) is 0 Å². The number of ketones is 1. The Morgan fingerprint density at radius 1 is 0.918 bits per heavy atom.